The van der Waals surface area contributed by atoms with Crippen molar-refractivity contribution in [2.24, 2.45) is 11.8 Å². The average Bonchev–Trinajstić information content (AvgIpc) is 2.43. The molecule has 1 aromatic rings. The van der Waals surface area contributed by atoms with Crippen LogP contribution in [0.5, 0.6) is 11.5 Å². The highest BCUT2D eigenvalue weighted by Crippen LogP contribution is 2.34. The fourth-order valence-corrected chi connectivity index (χ4v) is 2.28. The standard InChI is InChI=1S/C16H25NO2/c1-11(2)12(3)10-17-15-7-8-19-16-6-5-13(18-4)9-14(15)16/h5-6,9,11-12,15,17H,7-8,10H2,1-4H3. The van der Waals surface area contributed by atoms with Gasteiger partial charge in [0, 0.05) is 18.0 Å². The molecule has 19 heavy (non-hydrogen) atoms. The van der Waals surface area contributed by atoms with E-state index in [0.717, 1.165) is 31.1 Å². The van der Waals surface area contributed by atoms with Crippen LogP contribution in [-0.4, -0.2) is 20.3 Å². The van der Waals surface area contributed by atoms with E-state index in [1.807, 2.05) is 12.1 Å². The van der Waals surface area contributed by atoms with Crippen LogP contribution in [0, 0.1) is 11.8 Å². The van der Waals surface area contributed by atoms with E-state index in [0.29, 0.717) is 17.9 Å². The quantitative estimate of drug-likeness (QED) is 0.883. The van der Waals surface area contributed by atoms with Gasteiger partial charge in [0.25, 0.3) is 0 Å². The summed E-state index contributed by atoms with van der Waals surface area (Å²) < 4.78 is 11.0. The number of methoxy groups -OCH3 is 1. The monoisotopic (exact) mass is 263 g/mol. The SMILES string of the molecule is COc1ccc2c(c1)C(NCC(C)C(C)C)CCO2. The maximum Gasteiger partial charge on any atom is 0.124 e. The highest BCUT2D eigenvalue weighted by molar-refractivity contribution is 5.43. The maximum atomic E-state index is 5.71. The number of ether oxygens (including phenoxy) is 2. The van der Waals surface area contributed by atoms with Crippen LogP contribution in [-0.2, 0) is 0 Å². The van der Waals surface area contributed by atoms with E-state index >= 15 is 0 Å². The van der Waals surface area contributed by atoms with Crippen molar-refractivity contribution in [3.05, 3.63) is 23.8 Å². The number of hydrogen-bond acceptors (Lipinski definition) is 3. The Bertz CT molecular complexity index is 417. The van der Waals surface area contributed by atoms with Gasteiger partial charge in [-0.3, -0.25) is 0 Å². The van der Waals surface area contributed by atoms with Gasteiger partial charge in [0.15, 0.2) is 0 Å². The lowest BCUT2D eigenvalue weighted by atomic mass is 9.95. The van der Waals surface area contributed by atoms with Gasteiger partial charge >= 0.3 is 0 Å². The van der Waals surface area contributed by atoms with Gasteiger partial charge in [0.1, 0.15) is 11.5 Å². The van der Waals surface area contributed by atoms with Crippen molar-refractivity contribution in [1.29, 1.82) is 0 Å². The van der Waals surface area contributed by atoms with Crippen LogP contribution < -0.4 is 14.8 Å². The molecule has 1 N–H and O–H groups in total. The zero-order valence-electron chi connectivity index (χ0n) is 12.4. The van der Waals surface area contributed by atoms with Crippen molar-refractivity contribution in [2.45, 2.75) is 33.2 Å². The molecule has 0 amide bonds. The van der Waals surface area contributed by atoms with E-state index < -0.39 is 0 Å². The highest BCUT2D eigenvalue weighted by atomic mass is 16.5. The molecule has 0 aliphatic carbocycles. The van der Waals surface area contributed by atoms with Gasteiger partial charge in [0.2, 0.25) is 0 Å². The zero-order valence-corrected chi connectivity index (χ0v) is 12.4. The second kappa shape index (κ2) is 6.29. The highest BCUT2D eigenvalue weighted by Gasteiger charge is 2.22. The van der Waals surface area contributed by atoms with E-state index in [9.17, 15) is 0 Å². The molecule has 0 bridgehead atoms. The molecule has 1 aliphatic rings. The molecule has 2 atom stereocenters. The molecule has 3 heteroatoms. The first kappa shape index (κ1) is 14.2. The molecule has 2 unspecified atom stereocenters. The molecular weight excluding hydrogens is 238 g/mol. The summed E-state index contributed by atoms with van der Waals surface area (Å²) in [5, 5.41) is 3.67. The Labute approximate surface area is 116 Å². The van der Waals surface area contributed by atoms with Gasteiger partial charge in [-0.05, 0) is 36.6 Å². The maximum absolute atomic E-state index is 5.71. The second-order valence-electron chi connectivity index (χ2n) is 5.72. The summed E-state index contributed by atoms with van der Waals surface area (Å²) in [6.07, 6.45) is 1.02. The molecular formula is C16H25NO2. The number of fused-ring (bicyclic) bond motifs is 1. The Balaban J connectivity index is 2.08. The van der Waals surface area contributed by atoms with E-state index in [4.69, 9.17) is 9.47 Å². The number of benzene rings is 1. The summed E-state index contributed by atoms with van der Waals surface area (Å²) in [6, 6.07) is 6.43. The summed E-state index contributed by atoms with van der Waals surface area (Å²) in [5.74, 6) is 3.27. The minimum atomic E-state index is 0.375. The molecule has 0 fully saturated rings. The molecule has 0 aromatic heterocycles. The third-order valence-corrected chi connectivity index (χ3v) is 4.08. The van der Waals surface area contributed by atoms with Gasteiger partial charge in [-0.15, -0.1) is 0 Å². The van der Waals surface area contributed by atoms with Gasteiger partial charge in [-0.1, -0.05) is 20.8 Å². The summed E-state index contributed by atoms with van der Waals surface area (Å²) in [7, 11) is 1.70. The van der Waals surface area contributed by atoms with Crippen molar-refractivity contribution >= 4 is 0 Å². The molecule has 0 saturated carbocycles. The van der Waals surface area contributed by atoms with E-state index in [2.05, 4.69) is 32.2 Å². The Morgan fingerprint density at radius 3 is 2.84 bits per heavy atom. The number of hydrogen-bond donors (Lipinski definition) is 1. The van der Waals surface area contributed by atoms with Gasteiger partial charge in [-0.25, -0.2) is 0 Å². The summed E-state index contributed by atoms with van der Waals surface area (Å²) >= 11 is 0. The van der Waals surface area contributed by atoms with E-state index in [-0.39, 0.29) is 0 Å². The molecule has 106 valence electrons. The number of nitrogens with one attached hydrogen (secondary N) is 1. The largest absolute Gasteiger partial charge is 0.497 e. The van der Waals surface area contributed by atoms with Crippen LogP contribution in [0.2, 0.25) is 0 Å². The molecule has 0 radical (unpaired) electrons. The van der Waals surface area contributed by atoms with Crippen molar-refractivity contribution in [2.75, 3.05) is 20.3 Å². The molecule has 1 heterocycles. The smallest absolute Gasteiger partial charge is 0.124 e. The molecule has 1 aliphatic heterocycles. The average molecular weight is 263 g/mol. The van der Waals surface area contributed by atoms with Crippen molar-refractivity contribution in [3.8, 4) is 11.5 Å². The second-order valence-corrected chi connectivity index (χ2v) is 5.72. The van der Waals surface area contributed by atoms with Crippen molar-refractivity contribution in [1.82, 2.24) is 5.32 Å². The lowest BCUT2D eigenvalue weighted by molar-refractivity contribution is 0.244. The Hall–Kier alpha value is -1.22. The van der Waals surface area contributed by atoms with Gasteiger partial charge in [0.05, 0.1) is 13.7 Å². The lowest BCUT2D eigenvalue weighted by Crippen LogP contribution is -2.31. The lowest BCUT2D eigenvalue weighted by Gasteiger charge is -2.29. The first-order valence-corrected chi connectivity index (χ1v) is 7.16. The van der Waals surface area contributed by atoms with Crippen LogP contribution in [0.3, 0.4) is 0 Å². The molecule has 0 spiro atoms. The molecule has 1 aromatic carbocycles. The Morgan fingerprint density at radius 2 is 2.16 bits per heavy atom. The van der Waals surface area contributed by atoms with Crippen LogP contribution in [0.15, 0.2) is 18.2 Å². The fraction of sp³-hybridized carbons (Fsp3) is 0.625. The molecule has 0 saturated heterocycles. The Morgan fingerprint density at radius 1 is 1.37 bits per heavy atom. The van der Waals surface area contributed by atoms with Crippen LogP contribution >= 0.6 is 0 Å². The van der Waals surface area contributed by atoms with Crippen molar-refractivity contribution in [3.63, 3.8) is 0 Å². The third-order valence-electron chi connectivity index (χ3n) is 4.08. The zero-order chi connectivity index (χ0) is 13.8. The van der Waals surface area contributed by atoms with E-state index in [1.165, 1.54) is 5.56 Å². The predicted molar refractivity (Wildman–Crippen MR) is 77.9 cm³/mol. The first-order chi connectivity index (χ1) is 9.11. The number of rotatable bonds is 5. The normalized spacial score (nSPS) is 19.7. The molecule has 2 rings (SSSR count). The predicted octanol–water partition coefficient (Wildman–Crippen LogP) is 3.40. The van der Waals surface area contributed by atoms with Crippen molar-refractivity contribution < 1.29 is 9.47 Å². The third kappa shape index (κ3) is 3.41. The Kier molecular flexibility index (Phi) is 4.70. The summed E-state index contributed by atoms with van der Waals surface area (Å²) in [4.78, 5) is 0. The topological polar surface area (TPSA) is 30.5 Å². The fourth-order valence-electron chi connectivity index (χ4n) is 2.28. The van der Waals surface area contributed by atoms with Crippen LogP contribution in [0.25, 0.3) is 0 Å². The van der Waals surface area contributed by atoms with E-state index in [1.54, 1.807) is 7.11 Å². The van der Waals surface area contributed by atoms with Crippen LogP contribution in [0.1, 0.15) is 38.8 Å². The minimum absolute atomic E-state index is 0.375. The van der Waals surface area contributed by atoms with Gasteiger partial charge < -0.3 is 14.8 Å². The molecule has 3 nitrogen and oxygen atoms in total. The minimum Gasteiger partial charge on any atom is -0.497 e. The summed E-state index contributed by atoms with van der Waals surface area (Å²) in [6.45, 7) is 8.66. The summed E-state index contributed by atoms with van der Waals surface area (Å²) in [5.41, 5.74) is 1.22. The first-order valence-electron chi connectivity index (χ1n) is 7.16. The van der Waals surface area contributed by atoms with Gasteiger partial charge in [-0.2, -0.15) is 0 Å². The van der Waals surface area contributed by atoms with Crippen LogP contribution in [0.4, 0.5) is 0 Å².